The van der Waals surface area contributed by atoms with Crippen LogP contribution in [0.2, 0.25) is 0 Å². The third-order valence-electron chi connectivity index (χ3n) is 8.19. The molecule has 0 bridgehead atoms. The maximum Gasteiger partial charge on any atom is 0.238 e. The predicted octanol–water partition coefficient (Wildman–Crippen LogP) is 1.86. The molecule has 0 radical (unpaired) electrons. The number of nitrogens with one attached hydrogen (secondary N) is 1. The number of amides is 1. The SMILES string of the molecule is CNc1cccc2c1Cc1nc(Sc3cnc4ccc[n+](C)c4c3)nc(N3CC4C(C3)C4(N)C(N)=O)c1-2. The standard InChI is InChI=1S/C27H26N8OS/c1-30-19-6-3-5-15-16(19)10-21-23(15)24(35-12-17-18(13-35)27(17,29)25(28)36)33-26(32-21)37-14-9-22-20(31-11-14)7-4-8-34(22)2/h3-9,11,17-18,30H,10,12-13,29H2,1-2H3,(H-,28,36)/p+1. The van der Waals surface area contributed by atoms with Crippen molar-refractivity contribution >= 4 is 40.2 Å². The molecule has 2 aliphatic carbocycles. The van der Waals surface area contributed by atoms with E-state index in [1.54, 1.807) is 0 Å². The van der Waals surface area contributed by atoms with Crippen molar-refractivity contribution in [2.24, 2.45) is 30.4 Å². The van der Waals surface area contributed by atoms with Gasteiger partial charge in [0.05, 0.1) is 5.69 Å². The number of pyridine rings is 2. The van der Waals surface area contributed by atoms with Crippen molar-refractivity contribution in [2.45, 2.75) is 22.0 Å². The number of nitrogens with zero attached hydrogens (tertiary/aromatic N) is 5. The molecule has 1 saturated heterocycles. The second kappa shape index (κ2) is 7.87. The van der Waals surface area contributed by atoms with E-state index >= 15 is 0 Å². The van der Waals surface area contributed by atoms with E-state index in [1.807, 2.05) is 38.6 Å². The minimum absolute atomic E-state index is 0.0564. The van der Waals surface area contributed by atoms with Gasteiger partial charge in [0.1, 0.15) is 23.9 Å². The van der Waals surface area contributed by atoms with Crippen LogP contribution in [-0.4, -0.2) is 46.5 Å². The molecule has 1 aliphatic heterocycles. The Kier molecular flexibility index (Phi) is 4.77. The van der Waals surface area contributed by atoms with Gasteiger partial charge in [0.15, 0.2) is 11.4 Å². The number of piperidine rings is 1. The number of hydrogen-bond donors (Lipinski definition) is 3. The van der Waals surface area contributed by atoms with Crippen LogP contribution in [0.15, 0.2) is 58.8 Å². The summed E-state index contributed by atoms with van der Waals surface area (Å²) in [4.78, 5) is 30.0. The van der Waals surface area contributed by atoms with Crippen molar-refractivity contribution in [3.8, 4) is 11.1 Å². The molecule has 186 valence electrons. The normalized spacial score (nSPS) is 23.1. The summed E-state index contributed by atoms with van der Waals surface area (Å²) in [6, 6.07) is 12.4. The third kappa shape index (κ3) is 3.25. The monoisotopic (exact) mass is 511 g/mol. The largest absolute Gasteiger partial charge is 0.388 e. The Balaban J connectivity index is 1.30. The number of hydrogen-bond acceptors (Lipinski definition) is 8. The highest BCUT2D eigenvalue weighted by molar-refractivity contribution is 7.99. The first kappa shape index (κ1) is 22.4. The zero-order valence-corrected chi connectivity index (χ0v) is 21.4. The summed E-state index contributed by atoms with van der Waals surface area (Å²) in [5, 5.41) is 4.00. The van der Waals surface area contributed by atoms with E-state index in [0.29, 0.717) is 18.2 Å². The van der Waals surface area contributed by atoms with E-state index in [-0.39, 0.29) is 11.8 Å². The Morgan fingerprint density at radius 2 is 2.03 bits per heavy atom. The average molecular weight is 512 g/mol. The molecular weight excluding hydrogens is 484 g/mol. The van der Waals surface area contributed by atoms with Crippen molar-refractivity contribution in [3.63, 3.8) is 0 Å². The lowest BCUT2D eigenvalue weighted by Crippen LogP contribution is -2.47. The molecule has 9 nitrogen and oxygen atoms in total. The first-order chi connectivity index (χ1) is 17.9. The van der Waals surface area contributed by atoms with Gasteiger partial charge in [-0.05, 0) is 35.0 Å². The zero-order chi connectivity index (χ0) is 25.5. The fourth-order valence-corrected chi connectivity index (χ4v) is 6.91. The summed E-state index contributed by atoms with van der Waals surface area (Å²) in [6.45, 7) is 1.32. The highest BCUT2D eigenvalue weighted by atomic mass is 32.2. The number of rotatable bonds is 5. The Hall–Kier alpha value is -3.76. The molecule has 3 aliphatic rings. The van der Waals surface area contributed by atoms with Gasteiger partial charge >= 0.3 is 0 Å². The van der Waals surface area contributed by atoms with Gasteiger partial charge in [0, 0.05) is 72.9 Å². The second-order valence-electron chi connectivity index (χ2n) is 10.1. The fourth-order valence-electron chi connectivity index (χ4n) is 6.13. The number of benzene rings is 1. The van der Waals surface area contributed by atoms with Gasteiger partial charge in [-0.2, -0.15) is 4.57 Å². The number of primary amides is 1. The van der Waals surface area contributed by atoms with Gasteiger partial charge in [0.2, 0.25) is 11.4 Å². The lowest BCUT2D eigenvalue weighted by atomic mass is 10.0. The van der Waals surface area contributed by atoms with Crippen LogP contribution in [0.25, 0.3) is 22.2 Å². The summed E-state index contributed by atoms with van der Waals surface area (Å²) in [5.74, 6) is 0.604. The van der Waals surface area contributed by atoms with Crippen LogP contribution in [0.5, 0.6) is 0 Å². The topological polar surface area (TPSA) is 127 Å². The van der Waals surface area contributed by atoms with Crippen LogP contribution >= 0.6 is 11.8 Å². The molecule has 4 aromatic rings. The number of nitrogens with two attached hydrogens (primary N) is 2. The summed E-state index contributed by atoms with van der Waals surface area (Å²) >= 11 is 1.52. The van der Waals surface area contributed by atoms with Crippen LogP contribution in [0.1, 0.15) is 11.3 Å². The summed E-state index contributed by atoms with van der Waals surface area (Å²) in [7, 11) is 3.96. The Morgan fingerprint density at radius 1 is 1.22 bits per heavy atom. The molecule has 10 heteroatoms. The number of aryl methyl sites for hydroxylation is 1. The molecule has 0 spiro atoms. The highest BCUT2D eigenvalue weighted by Gasteiger charge is 2.70. The third-order valence-corrected chi connectivity index (χ3v) is 9.02. The van der Waals surface area contributed by atoms with E-state index < -0.39 is 11.4 Å². The Morgan fingerprint density at radius 3 is 2.78 bits per heavy atom. The number of anilines is 2. The minimum Gasteiger partial charge on any atom is -0.388 e. The molecule has 37 heavy (non-hydrogen) atoms. The second-order valence-corrected chi connectivity index (χ2v) is 11.2. The highest BCUT2D eigenvalue weighted by Crippen LogP contribution is 2.55. The molecule has 5 N–H and O–H groups in total. The molecule has 3 aromatic heterocycles. The zero-order valence-electron chi connectivity index (χ0n) is 20.6. The van der Waals surface area contributed by atoms with E-state index in [2.05, 4.69) is 44.0 Å². The van der Waals surface area contributed by atoms with Gasteiger partial charge in [-0.15, -0.1) is 0 Å². The van der Waals surface area contributed by atoms with Crippen LogP contribution in [-0.2, 0) is 18.3 Å². The molecule has 1 aromatic carbocycles. The molecule has 4 heterocycles. The van der Waals surface area contributed by atoms with Crippen LogP contribution < -0.4 is 26.3 Å². The molecule has 2 fully saturated rings. The van der Waals surface area contributed by atoms with Crippen LogP contribution in [0, 0.1) is 11.8 Å². The molecule has 1 saturated carbocycles. The van der Waals surface area contributed by atoms with E-state index in [4.69, 9.17) is 21.4 Å². The number of carbonyl (C=O) groups excluding carboxylic acids is 1. The maximum absolute atomic E-state index is 12.0. The van der Waals surface area contributed by atoms with Crippen molar-refractivity contribution in [2.75, 3.05) is 30.4 Å². The predicted molar refractivity (Wildman–Crippen MR) is 142 cm³/mol. The van der Waals surface area contributed by atoms with Crippen LogP contribution in [0.4, 0.5) is 11.5 Å². The number of fused-ring (bicyclic) bond motifs is 5. The lowest BCUT2D eigenvalue weighted by molar-refractivity contribution is -0.645. The summed E-state index contributed by atoms with van der Waals surface area (Å²) in [5.41, 5.74) is 18.6. The summed E-state index contributed by atoms with van der Waals surface area (Å²) in [6.07, 6.45) is 4.62. The van der Waals surface area contributed by atoms with Crippen molar-refractivity contribution in [1.29, 1.82) is 0 Å². The lowest BCUT2D eigenvalue weighted by Gasteiger charge is -2.26. The fraction of sp³-hybridized carbons (Fsp3) is 0.296. The number of aromatic nitrogens is 4. The van der Waals surface area contributed by atoms with Gasteiger partial charge < -0.3 is 21.7 Å². The molecule has 1 amide bonds. The van der Waals surface area contributed by atoms with Gasteiger partial charge in [0.25, 0.3) is 0 Å². The molecule has 7 rings (SSSR count). The van der Waals surface area contributed by atoms with Crippen molar-refractivity contribution in [1.82, 2.24) is 15.0 Å². The van der Waals surface area contributed by atoms with Gasteiger partial charge in [-0.1, -0.05) is 12.1 Å². The maximum atomic E-state index is 12.0. The Bertz CT molecular complexity index is 1610. The number of carbonyl (C=O) groups is 1. The quantitative estimate of drug-likeness (QED) is 0.241. The first-order valence-corrected chi connectivity index (χ1v) is 13.2. The van der Waals surface area contributed by atoms with E-state index in [0.717, 1.165) is 50.7 Å². The van der Waals surface area contributed by atoms with Crippen molar-refractivity contribution in [3.05, 3.63) is 60.0 Å². The molecule has 2 atom stereocenters. The van der Waals surface area contributed by atoms with Gasteiger partial charge in [-0.3, -0.25) is 4.79 Å². The first-order valence-electron chi connectivity index (χ1n) is 12.4. The smallest absolute Gasteiger partial charge is 0.238 e. The van der Waals surface area contributed by atoms with E-state index in [1.165, 1.54) is 17.3 Å². The average Bonchev–Trinajstić information content (AvgIpc) is 3.23. The molecule has 2 unspecified atom stereocenters. The van der Waals surface area contributed by atoms with E-state index in [9.17, 15) is 4.79 Å². The van der Waals surface area contributed by atoms with Crippen molar-refractivity contribution < 1.29 is 9.36 Å². The Labute approximate surface area is 218 Å². The summed E-state index contributed by atoms with van der Waals surface area (Å²) < 4.78 is 2.06. The minimum atomic E-state index is -0.895. The molecular formula is C27H27N8OS+. The van der Waals surface area contributed by atoms with Crippen LogP contribution in [0.3, 0.4) is 0 Å². The van der Waals surface area contributed by atoms with Gasteiger partial charge in [-0.25, -0.2) is 15.0 Å².